The molecule has 6 heteroatoms. The molecule has 0 aromatic heterocycles. The van der Waals surface area contributed by atoms with Gasteiger partial charge in [0.15, 0.2) is 0 Å². The van der Waals surface area contributed by atoms with Crippen LogP contribution in [-0.4, -0.2) is 19.0 Å². The van der Waals surface area contributed by atoms with Crippen LogP contribution in [-0.2, 0) is 0 Å². The summed E-state index contributed by atoms with van der Waals surface area (Å²) in [6.45, 7) is 0. The Bertz CT molecular complexity index is 644. The summed E-state index contributed by atoms with van der Waals surface area (Å²) in [5.74, 6) is -0.649. The van der Waals surface area contributed by atoms with Gasteiger partial charge in [0.25, 0.3) is 5.69 Å². The van der Waals surface area contributed by atoms with E-state index in [1.54, 1.807) is 0 Å². The fourth-order valence-corrected chi connectivity index (χ4v) is 1.88. The molecule has 0 aliphatic heterocycles. The van der Waals surface area contributed by atoms with Crippen molar-refractivity contribution in [2.75, 3.05) is 24.3 Å². The quantitative estimate of drug-likeness (QED) is 0.685. The molecule has 0 heterocycles. The average molecular weight is 275 g/mol. The van der Waals surface area contributed by atoms with E-state index in [2.05, 4.69) is 5.32 Å². The highest BCUT2D eigenvalue weighted by Crippen LogP contribution is 2.29. The zero-order chi connectivity index (χ0) is 14.7. The van der Waals surface area contributed by atoms with E-state index in [4.69, 9.17) is 0 Å². The Morgan fingerprint density at radius 3 is 2.55 bits per heavy atom. The number of hydrogen-bond donors (Lipinski definition) is 1. The van der Waals surface area contributed by atoms with E-state index in [1.165, 1.54) is 12.1 Å². The largest absolute Gasteiger partial charge is 0.376 e. The van der Waals surface area contributed by atoms with E-state index >= 15 is 0 Å². The molecule has 0 amide bonds. The van der Waals surface area contributed by atoms with Crippen molar-refractivity contribution < 1.29 is 9.31 Å². The van der Waals surface area contributed by atoms with Crippen LogP contribution in [0.5, 0.6) is 0 Å². The van der Waals surface area contributed by atoms with Gasteiger partial charge in [0.05, 0.1) is 22.4 Å². The number of halogens is 1. The Morgan fingerprint density at radius 2 is 1.90 bits per heavy atom. The second-order valence-electron chi connectivity index (χ2n) is 4.49. The number of benzene rings is 2. The lowest BCUT2D eigenvalue weighted by atomic mass is 10.2. The third-order valence-electron chi connectivity index (χ3n) is 2.76. The van der Waals surface area contributed by atoms with Gasteiger partial charge in [-0.2, -0.15) is 0 Å². The molecule has 0 aliphatic rings. The average Bonchev–Trinajstić information content (AvgIpc) is 2.38. The molecule has 1 N–H and O–H groups in total. The van der Waals surface area contributed by atoms with Crippen molar-refractivity contribution in [1.29, 1.82) is 0 Å². The highest BCUT2D eigenvalue weighted by Gasteiger charge is 2.11. The van der Waals surface area contributed by atoms with Crippen LogP contribution in [0.15, 0.2) is 42.5 Å². The molecule has 0 fully saturated rings. The fourth-order valence-electron chi connectivity index (χ4n) is 1.88. The SMILES string of the molecule is CN(C)c1ccccc1Nc1cc(F)cc([N+](=O)[O-])c1. The van der Waals surface area contributed by atoms with E-state index in [1.807, 2.05) is 43.3 Å². The molecule has 5 nitrogen and oxygen atoms in total. The molecule has 0 bridgehead atoms. The Balaban J connectivity index is 2.37. The maximum Gasteiger partial charge on any atom is 0.274 e. The number of nitrogens with one attached hydrogen (secondary N) is 1. The molecule has 0 atom stereocenters. The van der Waals surface area contributed by atoms with Gasteiger partial charge < -0.3 is 10.2 Å². The number of anilines is 3. The second kappa shape index (κ2) is 5.56. The summed E-state index contributed by atoms with van der Waals surface area (Å²) >= 11 is 0. The van der Waals surface area contributed by atoms with Crippen LogP contribution < -0.4 is 10.2 Å². The normalized spacial score (nSPS) is 10.2. The molecule has 2 rings (SSSR count). The molecule has 0 aliphatic carbocycles. The van der Waals surface area contributed by atoms with Crippen LogP contribution in [0.1, 0.15) is 0 Å². The van der Waals surface area contributed by atoms with Crippen molar-refractivity contribution in [3.05, 3.63) is 58.4 Å². The number of nitro benzene ring substituents is 1. The summed E-state index contributed by atoms with van der Waals surface area (Å²) in [6.07, 6.45) is 0. The van der Waals surface area contributed by atoms with Crippen LogP contribution in [0.4, 0.5) is 27.1 Å². The molecule has 2 aromatic carbocycles. The number of nitrogens with zero attached hydrogens (tertiary/aromatic N) is 2. The van der Waals surface area contributed by atoms with Crippen molar-refractivity contribution in [3.63, 3.8) is 0 Å². The molecular weight excluding hydrogens is 261 g/mol. The summed E-state index contributed by atoms with van der Waals surface area (Å²) in [7, 11) is 3.77. The molecule has 0 unspecified atom stereocenters. The molecule has 2 aromatic rings. The van der Waals surface area contributed by atoms with Crippen LogP contribution in [0.3, 0.4) is 0 Å². The monoisotopic (exact) mass is 275 g/mol. The van der Waals surface area contributed by atoms with Gasteiger partial charge in [-0.1, -0.05) is 12.1 Å². The van der Waals surface area contributed by atoms with Gasteiger partial charge in [0.2, 0.25) is 0 Å². The first kappa shape index (κ1) is 13.8. The second-order valence-corrected chi connectivity index (χ2v) is 4.49. The van der Waals surface area contributed by atoms with Crippen LogP contribution >= 0.6 is 0 Å². The summed E-state index contributed by atoms with van der Waals surface area (Å²) in [4.78, 5) is 12.0. The van der Waals surface area contributed by atoms with E-state index in [-0.39, 0.29) is 5.69 Å². The summed E-state index contributed by atoms with van der Waals surface area (Å²) in [5, 5.41) is 13.7. The van der Waals surface area contributed by atoms with Gasteiger partial charge >= 0.3 is 0 Å². The zero-order valence-corrected chi connectivity index (χ0v) is 11.1. The molecule has 20 heavy (non-hydrogen) atoms. The topological polar surface area (TPSA) is 58.4 Å². The number of para-hydroxylation sites is 2. The first-order valence-corrected chi connectivity index (χ1v) is 5.96. The smallest absolute Gasteiger partial charge is 0.274 e. The van der Waals surface area contributed by atoms with Crippen LogP contribution in [0, 0.1) is 15.9 Å². The molecule has 0 saturated heterocycles. The van der Waals surface area contributed by atoms with Gasteiger partial charge in [-0.15, -0.1) is 0 Å². The minimum absolute atomic E-state index is 0.283. The van der Waals surface area contributed by atoms with Crippen LogP contribution in [0.25, 0.3) is 0 Å². The number of non-ortho nitro benzene ring substituents is 1. The van der Waals surface area contributed by atoms with Gasteiger partial charge in [-0.05, 0) is 18.2 Å². The Hall–Kier alpha value is -2.63. The fraction of sp³-hybridized carbons (Fsp3) is 0.143. The molecule has 0 saturated carbocycles. The predicted molar refractivity (Wildman–Crippen MR) is 77.1 cm³/mol. The summed E-state index contributed by atoms with van der Waals surface area (Å²) in [5.41, 5.74) is 1.71. The van der Waals surface area contributed by atoms with Gasteiger partial charge in [0.1, 0.15) is 5.82 Å². The lowest BCUT2D eigenvalue weighted by Crippen LogP contribution is -2.10. The molecule has 104 valence electrons. The third-order valence-corrected chi connectivity index (χ3v) is 2.76. The lowest BCUT2D eigenvalue weighted by molar-refractivity contribution is -0.385. The number of nitro groups is 1. The third kappa shape index (κ3) is 3.03. The van der Waals surface area contributed by atoms with Crippen molar-refractivity contribution in [1.82, 2.24) is 0 Å². The van der Waals surface area contributed by atoms with Crippen molar-refractivity contribution in [2.24, 2.45) is 0 Å². The Labute approximate surface area is 115 Å². The maximum atomic E-state index is 13.4. The highest BCUT2D eigenvalue weighted by molar-refractivity contribution is 5.75. The molecular formula is C14H14FN3O2. The van der Waals surface area contributed by atoms with Gasteiger partial charge in [-0.3, -0.25) is 10.1 Å². The summed E-state index contributed by atoms with van der Waals surface area (Å²) in [6, 6.07) is 10.9. The minimum atomic E-state index is -0.649. The molecule has 0 spiro atoms. The first-order valence-electron chi connectivity index (χ1n) is 5.96. The number of hydrogen-bond acceptors (Lipinski definition) is 4. The molecule has 0 radical (unpaired) electrons. The van der Waals surface area contributed by atoms with Crippen LogP contribution in [0.2, 0.25) is 0 Å². The zero-order valence-electron chi connectivity index (χ0n) is 11.1. The van der Waals surface area contributed by atoms with Gasteiger partial charge in [-0.25, -0.2) is 4.39 Å². The first-order chi connectivity index (χ1) is 9.47. The summed E-state index contributed by atoms with van der Waals surface area (Å²) < 4.78 is 13.4. The maximum absolute atomic E-state index is 13.4. The van der Waals surface area contributed by atoms with E-state index < -0.39 is 10.7 Å². The lowest BCUT2D eigenvalue weighted by Gasteiger charge is -2.18. The Kier molecular flexibility index (Phi) is 3.84. The van der Waals surface area contributed by atoms with Crippen molar-refractivity contribution >= 4 is 22.7 Å². The Morgan fingerprint density at radius 1 is 1.20 bits per heavy atom. The van der Waals surface area contributed by atoms with Gasteiger partial charge in [0, 0.05) is 25.8 Å². The minimum Gasteiger partial charge on any atom is -0.376 e. The predicted octanol–water partition coefficient (Wildman–Crippen LogP) is 3.54. The van der Waals surface area contributed by atoms with Crippen molar-refractivity contribution in [2.45, 2.75) is 0 Å². The highest BCUT2D eigenvalue weighted by atomic mass is 19.1. The van der Waals surface area contributed by atoms with E-state index in [0.717, 1.165) is 17.4 Å². The van der Waals surface area contributed by atoms with E-state index in [0.29, 0.717) is 5.69 Å². The van der Waals surface area contributed by atoms with E-state index in [9.17, 15) is 14.5 Å². The van der Waals surface area contributed by atoms with Crippen molar-refractivity contribution in [3.8, 4) is 0 Å². The number of rotatable bonds is 4. The standard InChI is InChI=1S/C14H14FN3O2/c1-17(2)14-6-4-3-5-13(14)16-11-7-10(15)8-12(9-11)18(19)20/h3-9,16H,1-2H3.